The molecule has 2 saturated heterocycles. The van der Waals surface area contributed by atoms with Gasteiger partial charge in [-0.05, 0) is 36.4 Å². The zero-order chi connectivity index (χ0) is 31.1. The average Bonchev–Trinajstić information content (AvgIpc) is 4.02. The van der Waals surface area contributed by atoms with Crippen LogP contribution in [-0.2, 0) is 9.47 Å². The first-order valence-electron chi connectivity index (χ1n) is 15.0. The molecule has 0 aliphatic carbocycles. The second-order valence-electron chi connectivity index (χ2n) is 11.6. The van der Waals surface area contributed by atoms with Gasteiger partial charge in [0, 0.05) is 21.5 Å². The summed E-state index contributed by atoms with van der Waals surface area (Å²) in [5.41, 5.74) is -1.51. The summed E-state index contributed by atoms with van der Waals surface area (Å²) in [6, 6.07) is 24.3. The van der Waals surface area contributed by atoms with Gasteiger partial charge in [0.2, 0.25) is 0 Å². The Hall–Kier alpha value is -5.58. The third-order valence-electron chi connectivity index (χ3n) is 8.75. The minimum atomic E-state index is -0.571. The van der Waals surface area contributed by atoms with Gasteiger partial charge in [0.05, 0.1) is 46.1 Å². The van der Waals surface area contributed by atoms with Crippen LogP contribution in [0.3, 0.4) is 0 Å². The molecule has 7 aromatic rings. The van der Waals surface area contributed by atoms with Crippen molar-refractivity contribution in [3.8, 4) is 22.9 Å². The molecule has 0 N–H and O–H groups in total. The van der Waals surface area contributed by atoms with Crippen molar-refractivity contribution in [1.82, 2.24) is 9.13 Å². The highest BCUT2D eigenvalue weighted by atomic mass is 16.6. The van der Waals surface area contributed by atoms with E-state index in [0.717, 1.165) is 19.9 Å². The highest BCUT2D eigenvalue weighted by Gasteiger charge is 2.26. The second kappa shape index (κ2) is 9.96. The summed E-state index contributed by atoms with van der Waals surface area (Å²) in [5, 5.41) is 3.06. The van der Waals surface area contributed by atoms with Gasteiger partial charge in [-0.3, -0.25) is 19.2 Å². The summed E-state index contributed by atoms with van der Waals surface area (Å²) < 4.78 is 24.6. The van der Waals surface area contributed by atoms with E-state index in [1.165, 1.54) is 12.1 Å². The fourth-order valence-corrected chi connectivity index (χ4v) is 6.28. The Morgan fingerprint density at radius 1 is 0.500 bits per heavy atom. The van der Waals surface area contributed by atoms with Gasteiger partial charge >= 0.3 is 0 Å². The second-order valence-corrected chi connectivity index (χ2v) is 11.6. The van der Waals surface area contributed by atoms with Gasteiger partial charge in [0.25, 0.3) is 22.2 Å². The van der Waals surface area contributed by atoms with E-state index in [0.29, 0.717) is 60.1 Å². The van der Waals surface area contributed by atoms with Crippen LogP contribution < -0.4 is 31.7 Å². The molecular formula is C36H24N2O8. The fraction of sp³-hybridized carbons (Fsp3) is 0.167. The van der Waals surface area contributed by atoms with E-state index in [1.54, 1.807) is 36.4 Å². The number of benzene rings is 5. The molecule has 0 spiro atoms. The van der Waals surface area contributed by atoms with Gasteiger partial charge in [0.1, 0.15) is 36.9 Å². The summed E-state index contributed by atoms with van der Waals surface area (Å²) in [5.74, 6) is 1.23. The molecule has 10 nitrogen and oxygen atoms in total. The van der Waals surface area contributed by atoms with Crippen LogP contribution >= 0.6 is 0 Å². The van der Waals surface area contributed by atoms with Crippen LogP contribution in [0.25, 0.3) is 54.5 Å². The molecule has 2 unspecified atom stereocenters. The first kappa shape index (κ1) is 26.8. The maximum atomic E-state index is 13.8. The van der Waals surface area contributed by atoms with Gasteiger partial charge in [-0.15, -0.1) is 0 Å². The highest BCUT2D eigenvalue weighted by molar-refractivity contribution is 6.01. The van der Waals surface area contributed by atoms with E-state index in [1.807, 2.05) is 36.4 Å². The van der Waals surface area contributed by atoms with Crippen molar-refractivity contribution >= 4 is 43.1 Å². The Bertz CT molecular complexity index is 2350. The third-order valence-corrected chi connectivity index (χ3v) is 8.75. The number of aromatic nitrogens is 2. The molecule has 0 amide bonds. The number of rotatable bonds is 8. The number of ether oxygens (including phenoxy) is 4. The first-order valence-corrected chi connectivity index (χ1v) is 15.0. The molecule has 226 valence electrons. The van der Waals surface area contributed by atoms with E-state index in [4.69, 9.17) is 18.9 Å². The van der Waals surface area contributed by atoms with Crippen LogP contribution in [0.1, 0.15) is 0 Å². The lowest BCUT2D eigenvalue weighted by atomic mass is 10.1. The summed E-state index contributed by atoms with van der Waals surface area (Å²) in [7, 11) is 0. The van der Waals surface area contributed by atoms with Crippen LogP contribution in [0.15, 0.2) is 104 Å². The molecular weight excluding hydrogens is 588 g/mol. The summed E-state index contributed by atoms with van der Waals surface area (Å²) in [6.07, 6.45) is 0.134. The number of fused-ring (bicyclic) bond motifs is 4. The van der Waals surface area contributed by atoms with Crippen molar-refractivity contribution < 1.29 is 18.9 Å². The Morgan fingerprint density at radius 3 is 1.22 bits per heavy atom. The molecule has 5 aromatic carbocycles. The summed E-state index contributed by atoms with van der Waals surface area (Å²) in [4.78, 5) is 55.4. The Morgan fingerprint density at radius 2 is 0.848 bits per heavy atom. The minimum Gasteiger partial charge on any atom is -0.490 e. The third kappa shape index (κ3) is 4.11. The monoisotopic (exact) mass is 612 g/mol. The SMILES string of the molecule is O=c1c2cc3c(=O)n(-c4cccc5c(OCC6CO6)cccc45)c(=O)c3cc2c(=O)n1-c1cccc2c(OCC3CO3)cccc12. The molecule has 46 heavy (non-hydrogen) atoms. The molecule has 2 aliphatic rings. The Balaban J connectivity index is 1.19. The molecule has 0 radical (unpaired) electrons. The maximum Gasteiger partial charge on any atom is 0.266 e. The Labute approximate surface area is 258 Å². The van der Waals surface area contributed by atoms with Crippen LogP contribution in [0, 0.1) is 0 Å². The minimum absolute atomic E-state index is 0.0672. The van der Waals surface area contributed by atoms with E-state index >= 15 is 0 Å². The van der Waals surface area contributed by atoms with Crippen molar-refractivity contribution in [3.05, 3.63) is 126 Å². The predicted octanol–water partition coefficient (Wildman–Crippen LogP) is 3.75. The molecule has 2 aliphatic heterocycles. The molecule has 2 atom stereocenters. The number of epoxide rings is 2. The van der Waals surface area contributed by atoms with Gasteiger partial charge in [-0.2, -0.15) is 0 Å². The number of nitrogens with zero attached hydrogens (tertiary/aromatic N) is 2. The molecule has 9 rings (SSSR count). The molecule has 4 heterocycles. The van der Waals surface area contributed by atoms with E-state index < -0.39 is 22.2 Å². The molecule has 10 heteroatoms. The van der Waals surface area contributed by atoms with Crippen LogP contribution in [0.2, 0.25) is 0 Å². The highest BCUT2D eigenvalue weighted by Crippen LogP contribution is 2.32. The van der Waals surface area contributed by atoms with Gasteiger partial charge in [-0.25, -0.2) is 9.13 Å². The van der Waals surface area contributed by atoms with Crippen LogP contribution in [-0.4, -0.2) is 47.8 Å². The molecule has 2 fully saturated rings. The van der Waals surface area contributed by atoms with Crippen LogP contribution in [0.5, 0.6) is 11.5 Å². The van der Waals surface area contributed by atoms with E-state index in [2.05, 4.69) is 0 Å². The van der Waals surface area contributed by atoms with Crippen molar-refractivity contribution in [2.75, 3.05) is 26.4 Å². The number of hydrogen-bond acceptors (Lipinski definition) is 8. The van der Waals surface area contributed by atoms with Crippen molar-refractivity contribution in [1.29, 1.82) is 0 Å². The van der Waals surface area contributed by atoms with Gasteiger partial charge < -0.3 is 18.9 Å². The van der Waals surface area contributed by atoms with Crippen LogP contribution in [0.4, 0.5) is 0 Å². The zero-order valence-electron chi connectivity index (χ0n) is 24.2. The molecule has 0 bridgehead atoms. The summed E-state index contributed by atoms with van der Waals surface area (Å²) >= 11 is 0. The lowest BCUT2D eigenvalue weighted by Crippen LogP contribution is -2.24. The number of hydrogen-bond donors (Lipinski definition) is 0. The largest absolute Gasteiger partial charge is 0.490 e. The summed E-state index contributed by atoms with van der Waals surface area (Å²) in [6.45, 7) is 2.13. The van der Waals surface area contributed by atoms with Crippen molar-refractivity contribution in [2.24, 2.45) is 0 Å². The molecule has 2 aromatic heterocycles. The van der Waals surface area contributed by atoms with Gasteiger partial charge in [-0.1, -0.05) is 48.5 Å². The smallest absolute Gasteiger partial charge is 0.266 e. The standard InChI is InChI=1S/C36H24N2O8/c39-33-25-13-27-28(36(42)38(35(27)41)30-10-2-8-24-22(30)6-4-12-32(24)46-18-20-16-44-20)14-26(25)34(40)37(33)29-9-1-7-23-21(29)5-3-11-31(23)45-17-19-15-43-19/h1-14,19-20H,15-18H2. The lowest BCUT2D eigenvalue weighted by molar-refractivity contribution is 0.265. The maximum absolute atomic E-state index is 13.8. The van der Waals surface area contributed by atoms with E-state index in [-0.39, 0.29) is 33.8 Å². The average molecular weight is 613 g/mol. The normalized spacial score (nSPS) is 17.3. The Kier molecular flexibility index (Phi) is 5.80. The zero-order valence-corrected chi connectivity index (χ0v) is 24.2. The lowest BCUT2D eigenvalue weighted by Gasteiger charge is -2.11. The van der Waals surface area contributed by atoms with Crippen molar-refractivity contribution in [3.63, 3.8) is 0 Å². The molecule has 0 saturated carbocycles. The van der Waals surface area contributed by atoms with Gasteiger partial charge in [0.15, 0.2) is 0 Å². The topological polar surface area (TPSA) is 122 Å². The van der Waals surface area contributed by atoms with Crippen molar-refractivity contribution in [2.45, 2.75) is 12.2 Å². The predicted molar refractivity (Wildman–Crippen MR) is 173 cm³/mol. The quantitative estimate of drug-likeness (QED) is 0.238. The van der Waals surface area contributed by atoms with E-state index in [9.17, 15) is 19.2 Å². The fourth-order valence-electron chi connectivity index (χ4n) is 6.28. The first-order chi connectivity index (χ1) is 22.5.